The lowest BCUT2D eigenvalue weighted by Gasteiger charge is -2.22. The quantitative estimate of drug-likeness (QED) is 0.344. The zero-order valence-corrected chi connectivity index (χ0v) is 12.8. The Morgan fingerprint density at radius 1 is 1.25 bits per heavy atom. The summed E-state index contributed by atoms with van der Waals surface area (Å²) in [7, 11) is 1.96. The maximum absolute atomic E-state index is 9.05. The first-order valence-corrected chi connectivity index (χ1v) is 7.17. The van der Waals surface area contributed by atoms with E-state index in [2.05, 4.69) is 22.3 Å². The first-order chi connectivity index (χ1) is 9.60. The molecule has 0 amide bonds. The zero-order valence-electron chi connectivity index (χ0n) is 12.8. The minimum absolute atomic E-state index is 0.102. The molecule has 112 valence electrons. The van der Waals surface area contributed by atoms with Crippen LogP contribution in [0.3, 0.4) is 0 Å². The van der Waals surface area contributed by atoms with Crippen molar-refractivity contribution in [3.05, 3.63) is 16.8 Å². The van der Waals surface area contributed by atoms with Crippen LogP contribution in [0.2, 0.25) is 0 Å². The van der Waals surface area contributed by atoms with Crippen LogP contribution in [0.1, 0.15) is 50.4 Å². The standard InChI is InChI=1S/C14H25N5O/c1-5-8-9-19(4)14-12(13(15)18-20)10(6-2)11(7-3)16-17-14/h20H,5-9H2,1-4H3,(H2,15,18). The van der Waals surface area contributed by atoms with Gasteiger partial charge >= 0.3 is 0 Å². The molecular formula is C14H25N5O. The number of unbranched alkanes of at least 4 members (excludes halogenated alkanes) is 1. The third kappa shape index (κ3) is 3.37. The summed E-state index contributed by atoms with van der Waals surface area (Å²) in [5, 5.41) is 20.8. The van der Waals surface area contributed by atoms with E-state index >= 15 is 0 Å². The van der Waals surface area contributed by atoms with Crippen LogP contribution in [0, 0.1) is 0 Å². The van der Waals surface area contributed by atoms with Gasteiger partial charge in [-0.15, -0.1) is 5.10 Å². The molecule has 0 spiro atoms. The van der Waals surface area contributed by atoms with Crippen LogP contribution in [0.4, 0.5) is 5.82 Å². The number of aromatic nitrogens is 2. The summed E-state index contributed by atoms with van der Waals surface area (Å²) in [6, 6.07) is 0. The molecule has 3 N–H and O–H groups in total. The zero-order chi connectivity index (χ0) is 15.1. The van der Waals surface area contributed by atoms with Crippen molar-refractivity contribution in [3.63, 3.8) is 0 Å². The molecule has 6 nitrogen and oxygen atoms in total. The summed E-state index contributed by atoms with van der Waals surface area (Å²) in [4.78, 5) is 2.02. The number of aryl methyl sites for hydroxylation is 1. The maximum Gasteiger partial charge on any atom is 0.174 e. The van der Waals surface area contributed by atoms with E-state index in [9.17, 15) is 0 Å². The van der Waals surface area contributed by atoms with Gasteiger partial charge in [0.25, 0.3) is 0 Å². The predicted molar refractivity (Wildman–Crippen MR) is 81.5 cm³/mol. The van der Waals surface area contributed by atoms with Crippen molar-refractivity contribution >= 4 is 11.7 Å². The highest BCUT2D eigenvalue weighted by Crippen LogP contribution is 2.23. The number of anilines is 1. The molecule has 1 rings (SSSR count). The van der Waals surface area contributed by atoms with Crippen LogP contribution in [-0.2, 0) is 12.8 Å². The molecule has 0 atom stereocenters. The largest absolute Gasteiger partial charge is 0.409 e. The molecule has 0 fully saturated rings. The topological polar surface area (TPSA) is 87.6 Å². The van der Waals surface area contributed by atoms with Gasteiger partial charge in [0.15, 0.2) is 11.7 Å². The molecule has 1 aromatic rings. The smallest absolute Gasteiger partial charge is 0.174 e. The van der Waals surface area contributed by atoms with Gasteiger partial charge in [-0.1, -0.05) is 32.3 Å². The summed E-state index contributed by atoms with van der Waals surface area (Å²) in [5.41, 5.74) is 8.49. The molecule has 0 unspecified atom stereocenters. The molecular weight excluding hydrogens is 254 g/mol. The Morgan fingerprint density at radius 3 is 2.45 bits per heavy atom. The van der Waals surface area contributed by atoms with E-state index in [-0.39, 0.29) is 5.84 Å². The number of nitrogens with zero attached hydrogens (tertiary/aromatic N) is 4. The Hall–Kier alpha value is -1.85. The number of rotatable bonds is 7. The fourth-order valence-electron chi connectivity index (χ4n) is 2.25. The van der Waals surface area contributed by atoms with Crippen molar-refractivity contribution in [2.24, 2.45) is 10.9 Å². The van der Waals surface area contributed by atoms with E-state index in [4.69, 9.17) is 10.9 Å². The van der Waals surface area contributed by atoms with E-state index in [1.807, 2.05) is 25.8 Å². The summed E-state index contributed by atoms with van der Waals surface area (Å²) in [5.74, 6) is 0.785. The molecule has 0 aromatic carbocycles. The molecule has 20 heavy (non-hydrogen) atoms. The van der Waals surface area contributed by atoms with Crippen molar-refractivity contribution in [1.29, 1.82) is 0 Å². The average Bonchev–Trinajstić information content (AvgIpc) is 2.49. The summed E-state index contributed by atoms with van der Waals surface area (Å²) in [6.45, 7) is 7.08. The van der Waals surface area contributed by atoms with Gasteiger partial charge in [-0.2, -0.15) is 5.10 Å². The summed E-state index contributed by atoms with van der Waals surface area (Å²) >= 11 is 0. The van der Waals surface area contributed by atoms with Gasteiger partial charge in [0.1, 0.15) is 0 Å². The predicted octanol–water partition coefficient (Wildman–Crippen LogP) is 1.93. The summed E-state index contributed by atoms with van der Waals surface area (Å²) < 4.78 is 0. The van der Waals surface area contributed by atoms with Crippen LogP contribution >= 0.6 is 0 Å². The van der Waals surface area contributed by atoms with Crippen molar-refractivity contribution in [1.82, 2.24) is 10.2 Å². The van der Waals surface area contributed by atoms with Crippen LogP contribution in [0.15, 0.2) is 5.16 Å². The van der Waals surface area contributed by atoms with Gasteiger partial charge in [0, 0.05) is 13.6 Å². The lowest BCUT2D eigenvalue weighted by Crippen LogP contribution is -2.27. The van der Waals surface area contributed by atoms with E-state index < -0.39 is 0 Å². The maximum atomic E-state index is 9.05. The second kappa shape index (κ2) is 7.67. The van der Waals surface area contributed by atoms with Gasteiger partial charge in [-0.05, 0) is 24.8 Å². The molecule has 0 saturated heterocycles. The third-order valence-electron chi connectivity index (χ3n) is 3.40. The Bertz CT molecular complexity index is 473. The fourth-order valence-corrected chi connectivity index (χ4v) is 2.25. The van der Waals surface area contributed by atoms with E-state index in [0.717, 1.165) is 43.5 Å². The SMILES string of the molecule is CCCCN(C)c1nnc(CC)c(CC)c1C(N)=NO. The number of nitrogens with two attached hydrogens (primary N) is 1. The Morgan fingerprint density at radius 2 is 1.95 bits per heavy atom. The number of hydrogen-bond acceptors (Lipinski definition) is 5. The molecule has 0 saturated carbocycles. The minimum atomic E-state index is 0.102. The monoisotopic (exact) mass is 279 g/mol. The van der Waals surface area contributed by atoms with Gasteiger partial charge in [0.05, 0.1) is 11.3 Å². The van der Waals surface area contributed by atoms with Crippen molar-refractivity contribution in [2.75, 3.05) is 18.5 Å². The molecule has 1 aromatic heterocycles. The van der Waals surface area contributed by atoms with Gasteiger partial charge in [0.2, 0.25) is 0 Å². The molecule has 0 bridgehead atoms. The Kier molecular flexibility index (Phi) is 6.21. The molecule has 6 heteroatoms. The normalized spacial score (nSPS) is 11.7. The lowest BCUT2D eigenvalue weighted by molar-refractivity contribution is 0.318. The molecule has 0 aliphatic heterocycles. The average molecular weight is 279 g/mol. The third-order valence-corrected chi connectivity index (χ3v) is 3.40. The highest BCUT2D eigenvalue weighted by atomic mass is 16.4. The van der Waals surface area contributed by atoms with E-state index in [0.29, 0.717) is 11.4 Å². The van der Waals surface area contributed by atoms with E-state index in [1.165, 1.54) is 0 Å². The highest BCUT2D eigenvalue weighted by molar-refractivity contribution is 6.02. The molecule has 0 radical (unpaired) electrons. The van der Waals surface area contributed by atoms with Crippen LogP contribution < -0.4 is 10.6 Å². The highest BCUT2D eigenvalue weighted by Gasteiger charge is 2.20. The van der Waals surface area contributed by atoms with Gasteiger partial charge in [-0.3, -0.25) is 0 Å². The first-order valence-electron chi connectivity index (χ1n) is 7.17. The second-order valence-corrected chi connectivity index (χ2v) is 4.79. The Balaban J connectivity index is 3.36. The van der Waals surface area contributed by atoms with Crippen LogP contribution in [0.5, 0.6) is 0 Å². The molecule has 0 aliphatic carbocycles. The number of oxime groups is 1. The van der Waals surface area contributed by atoms with Crippen molar-refractivity contribution in [2.45, 2.75) is 46.5 Å². The van der Waals surface area contributed by atoms with Crippen molar-refractivity contribution in [3.8, 4) is 0 Å². The fraction of sp³-hybridized carbons (Fsp3) is 0.643. The molecule has 0 aliphatic rings. The molecule has 1 heterocycles. The second-order valence-electron chi connectivity index (χ2n) is 4.79. The van der Waals surface area contributed by atoms with Crippen LogP contribution in [-0.4, -0.2) is 34.8 Å². The lowest BCUT2D eigenvalue weighted by atomic mass is 10.0. The van der Waals surface area contributed by atoms with Gasteiger partial charge in [-0.25, -0.2) is 0 Å². The van der Waals surface area contributed by atoms with E-state index in [1.54, 1.807) is 0 Å². The van der Waals surface area contributed by atoms with Gasteiger partial charge < -0.3 is 15.8 Å². The summed E-state index contributed by atoms with van der Waals surface area (Å²) in [6.07, 6.45) is 3.72. The van der Waals surface area contributed by atoms with Crippen molar-refractivity contribution < 1.29 is 5.21 Å². The van der Waals surface area contributed by atoms with Crippen LogP contribution in [0.25, 0.3) is 0 Å². The minimum Gasteiger partial charge on any atom is -0.409 e. The first kappa shape index (κ1) is 16.2. The Labute approximate surface area is 120 Å². The number of amidine groups is 1. The number of hydrogen-bond donors (Lipinski definition) is 2.